The predicted molar refractivity (Wildman–Crippen MR) is 97.4 cm³/mol. The third-order valence-electron chi connectivity index (χ3n) is 4.25. The molecule has 6 heteroatoms. The van der Waals surface area contributed by atoms with Gasteiger partial charge in [-0.25, -0.2) is 4.98 Å². The Bertz CT molecular complexity index is 1040. The quantitative estimate of drug-likeness (QED) is 0.586. The van der Waals surface area contributed by atoms with Gasteiger partial charge in [0.05, 0.1) is 18.3 Å². The molecule has 1 aromatic carbocycles. The molecule has 3 heterocycles. The Morgan fingerprint density at radius 2 is 1.85 bits per heavy atom. The first kappa shape index (κ1) is 16.0. The van der Waals surface area contributed by atoms with Crippen molar-refractivity contribution in [2.24, 2.45) is 0 Å². The number of hydrogen-bond acceptors (Lipinski definition) is 4. The van der Waals surface area contributed by atoms with Crippen molar-refractivity contribution in [1.29, 1.82) is 0 Å². The van der Waals surface area contributed by atoms with E-state index in [9.17, 15) is 4.79 Å². The van der Waals surface area contributed by atoms with Crippen molar-refractivity contribution in [3.8, 4) is 17.2 Å². The molecule has 4 aromatic rings. The number of aromatic nitrogens is 2. The second kappa shape index (κ2) is 6.40. The zero-order valence-electron chi connectivity index (χ0n) is 14.4. The topological polar surface area (TPSA) is 73.2 Å². The molecule has 6 nitrogen and oxygen atoms in total. The molecule has 3 aromatic heterocycles. The molecule has 0 aliphatic heterocycles. The molecule has 0 fully saturated rings. The Morgan fingerprint density at radius 1 is 1.04 bits per heavy atom. The maximum absolute atomic E-state index is 12.4. The van der Waals surface area contributed by atoms with Crippen LogP contribution in [0.4, 0.5) is 5.69 Å². The van der Waals surface area contributed by atoms with E-state index < -0.39 is 0 Å². The van der Waals surface area contributed by atoms with Gasteiger partial charge < -0.3 is 18.7 Å². The van der Waals surface area contributed by atoms with Crippen molar-refractivity contribution in [3.05, 3.63) is 78.3 Å². The van der Waals surface area contributed by atoms with Crippen LogP contribution in [0.5, 0.6) is 0 Å². The van der Waals surface area contributed by atoms with Crippen LogP contribution in [0.15, 0.2) is 70.0 Å². The van der Waals surface area contributed by atoms with E-state index in [-0.39, 0.29) is 11.7 Å². The van der Waals surface area contributed by atoms with E-state index in [1.807, 2.05) is 42.7 Å². The molecular formula is C20H17N3O3. The molecule has 0 unspecified atom stereocenters. The van der Waals surface area contributed by atoms with E-state index in [1.54, 1.807) is 36.9 Å². The van der Waals surface area contributed by atoms with Crippen LogP contribution in [0.3, 0.4) is 0 Å². The number of anilines is 1. The van der Waals surface area contributed by atoms with Gasteiger partial charge in [0.1, 0.15) is 0 Å². The third kappa shape index (κ3) is 2.93. The van der Waals surface area contributed by atoms with Crippen LogP contribution in [-0.2, 0) is 0 Å². The van der Waals surface area contributed by atoms with Gasteiger partial charge in [-0.05, 0) is 62.4 Å². The number of amides is 1. The highest BCUT2D eigenvalue weighted by Crippen LogP contribution is 2.23. The van der Waals surface area contributed by atoms with E-state index in [0.717, 1.165) is 17.1 Å². The van der Waals surface area contributed by atoms with Gasteiger partial charge in [-0.1, -0.05) is 0 Å². The summed E-state index contributed by atoms with van der Waals surface area (Å²) in [5.74, 6) is 1.01. The summed E-state index contributed by atoms with van der Waals surface area (Å²) in [7, 11) is 0. The Balaban J connectivity index is 1.49. The normalized spacial score (nSPS) is 10.8. The van der Waals surface area contributed by atoms with Gasteiger partial charge in [-0.3, -0.25) is 4.79 Å². The summed E-state index contributed by atoms with van der Waals surface area (Å²) in [5.41, 5.74) is 3.75. The molecule has 1 N–H and O–H groups in total. The van der Waals surface area contributed by atoms with Crippen LogP contribution in [-0.4, -0.2) is 15.5 Å². The summed E-state index contributed by atoms with van der Waals surface area (Å²) < 4.78 is 12.8. The average Bonchev–Trinajstić information content (AvgIpc) is 3.38. The lowest BCUT2D eigenvalue weighted by Crippen LogP contribution is -2.10. The number of nitrogens with zero attached hydrogens (tertiary/aromatic N) is 2. The molecule has 26 heavy (non-hydrogen) atoms. The number of aryl methyl sites for hydroxylation is 1. The molecule has 0 atom stereocenters. The highest BCUT2D eigenvalue weighted by Gasteiger charge is 2.14. The number of hydrogen-bond donors (Lipinski definition) is 1. The Kier molecular flexibility index (Phi) is 3.93. The first-order valence-electron chi connectivity index (χ1n) is 8.18. The molecule has 0 aliphatic carbocycles. The number of carbonyl (C=O) groups is 1. The number of furan rings is 2. The standard InChI is InChI=1S/C20H17N3O3/c1-13-14(2)23(12-21-13)16-7-5-15(6-8-16)22-20(24)19-10-9-18(26-19)17-4-3-11-25-17/h3-12H,1-2H3,(H,22,24). The largest absolute Gasteiger partial charge is 0.461 e. The molecule has 0 spiro atoms. The van der Waals surface area contributed by atoms with E-state index in [1.165, 1.54) is 0 Å². The molecule has 4 rings (SSSR count). The molecule has 0 saturated carbocycles. The summed E-state index contributed by atoms with van der Waals surface area (Å²) in [6.07, 6.45) is 3.35. The van der Waals surface area contributed by atoms with Crippen molar-refractivity contribution in [2.75, 3.05) is 5.32 Å². The molecular weight excluding hydrogens is 330 g/mol. The predicted octanol–water partition coefficient (Wildman–Crippen LogP) is 4.59. The maximum atomic E-state index is 12.4. The highest BCUT2D eigenvalue weighted by molar-refractivity contribution is 6.02. The summed E-state index contributed by atoms with van der Waals surface area (Å²) in [5, 5.41) is 2.83. The van der Waals surface area contributed by atoms with Crippen molar-refractivity contribution in [1.82, 2.24) is 9.55 Å². The first-order chi connectivity index (χ1) is 12.6. The van der Waals surface area contributed by atoms with E-state index >= 15 is 0 Å². The lowest BCUT2D eigenvalue weighted by molar-refractivity contribution is 0.0997. The number of rotatable bonds is 4. The minimum absolute atomic E-state index is 0.224. The van der Waals surface area contributed by atoms with Gasteiger partial charge in [0.2, 0.25) is 0 Å². The van der Waals surface area contributed by atoms with Gasteiger partial charge in [0.25, 0.3) is 5.91 Å². The number of benzene rings is 1. The zero-order valence-corrected chi connectivity index (χ0v) is 14.4. The average molecular weight is 347 g/mol. The summed E-state index contributed by atoms with van der Waals surface area (Å²) in [6.45, 7) is 3.99. The van der Waals surface area contributed by atoms with Crippen molar-refractivity contribution in [2.45, 2.75) is 13.8 Å². The minimum Gasteiger partial charge on any atom is -0.461 e. The Hall–Kier alpha value is -3.54. The van der Waals surface area contributed by atoms with Gasteiger partial charge in [-0.2, -0.15) is 0 Å². The van der Waals surface area contributed by atoms with E-state index in [2.05, 4.69) is 10.3 Å². The maximum Gasteiger partial charge on any atom is 0.291 e. The molecule has 0 radical (unpaired) electrons. The SMILES string of the molecule is Cc1ncn(-c2ccc(NC(=O)c3ccc(-c4ccco4)o3)cc2)c1C. The number of carbonyl (C=O) groups excluding carboxylic acids is 1. The second-order valence-corrected chi connectivity index (χ2v) is 5.93. The summed E-state index contributed by atoms with van der Waals surface area (Å²) in [6, 6.07) is 14.4. The third-order valence-corrected chi connectivity index (χ3v) is 4.25. The summed E-state index contributed by atoms with van der Waals surface area (Å²) >= 11 is 0. The van der Waals surface area contributed by atoms with Crippen LogP contribution < -0.4 is 5.32 Å². The smallest absolute Gasteiger partial charge is 0.291 e. The highest BCUT2D eigenvalue weighted by atomic mass is 16.4. The van der Waals surface area contributed by atoms with E-state index in [4.69, 9.17) is 8.83 Å². The summed E-state index contributed by atoms with van der Waals surface area (Å²) in [4.78, 5) is 16.7. The van der Waals surface area contributed by atoms with Crippen LogP contribution >= 0.6 is 0 Å². The van der Waals surface area contributed by atoms with Crippen LogP contribution in [0.2, 0.25) is 0 Å². The minimum atomic E-state index is -0.315. The lowest BCUT2D eigenvalue weighted by atomic mass is 10.2. The van der Waals surface area contributed by atoms with Crippen molar-refractivity contribution in [3.63, 3.8) is 0 Å². The molecule has 0 aliphatic rings. The van der Waals surface area contributed by atoms with Gasteiger partial charge in [0.15, 0.2) is 17.3 Å². The van der Waals surface area contributed by atoms with Crippen molar-refractivity contribution < 1.29 is 13.6 Å². The van der Waals surface area contributed by atoms with Crippen LogP contribution in [0.25, 0.3) is 17.2 Å². The zero-order chi connectivity index (χ0) is 18.1. The number of imidazole rings is 1. The fourth-order valence-electron chi connectivity index (χ4n) is 2.67. The number of nitrogens with one attached hydrogen (secondary N) is 1. The fraction of sp³-hybridized carbons (Fsp3) is 0.100. The van der Waals surface area contributed by atoms with Gasteiger partial charge in [0, 0.05) is 17.1 Å². The van der Waals surface area contributed by atoms with Gasteiger partial charge in [-0.15, -0.1) is 0 Å². The van der Waals surface area contributed by atoms with Crippen LogP contribution in [0.1, 0.15) is 21.9 Å². The van der Waals surface area contributed by atoms with Crippen LogP contribution in [0, 0.1) is 13.8 Å². The monoisotopic (exact) mass is 347 g/mol. The van der Waals surface area contributed by atoms with Crippen molar-refractivity contribution >= 4 is 11.6 Å². The lowest BCUT2D eigenvalue weighted by Gasteiger charge is -2.08. The van der Waals surface area contributed by atoms with Gasteiger partial charge >= 0.3 is 0 Å². The molecule has 0 bridgehead atoms. The van der Waals surface area contributed by atoms with E-state index in [0.29, 0.717) is 17.2 Å². The molecule has 1 amide bonds. The second-order valence-electron chi connectivity index (χ2n) is 5.93. The Morgan fingerprint density at radius 3 is 2.50 bits per heavy atom. The fourth-order valence-corrected chi connectivity index (χ4v) is 2.67. The first-order valence-corrected chi connectivity index (χ1v) is 8.18. The molecule has 130 valence electrons. The molecule has 0 saturated heterocycles. The Labute approximate surface area is 150 Å².